The molecule has 0 spiro atoms. The molecule has 1 unspecified atom stereocenters. The maximum atomic E-state index is 12.8. The average Bonchev–Trinajstić information content (AvgIpc) is 3.20. The van der Waals surface area contributed by atoms with Crippen LogP contribution >= 0.6 is 11.6 Å². The van der Waals surface area contributed by atoms with Crippen LogP contribution in [0.25, 0.3) is 5.69 Å². The van der Waals surface area contributed by atoms with Crippen molar-refractivity contribution in [2.24, 2.45) is 5.73 Å². The highest BCUT2D eigenvalue weighted by molar-refractivity contribution is 6.33. The predicted molar refractivity (Wildman–Crippen MR) is 103 cm³/mol. The number of nitrogens with zero attached hydrogens (tertiary/aromatic N) is 1. The standard InChI is InChI=1S/C20H18ClN3O3/c1-27-17-12-16(24-9-5-6-10-24)15(21)11-14(17)20(26)23-18(19(22)25)13-7-3-2-4-8-13/h2-12,18H,1H3,(H2,22,25)(H,23,26). The summed E-state index contributed by atoms with van der Waals surface area (Å²) < 4.78 is 7.17. The summed E-state index contributed by atoms with van der Waals surface area (Å²) in [6.07, 6.45) is 3.66. The van der Waals surface area contributed by atoms with Crippen LogP contribution in [-0.2, 0) is 4.79 Å². The van der Waals surface area contributed by atoms with Crippen molar-refractivity contribution >= 4 is 23.4 Å². The number of amides is 2. The summed E-state index contributed by atoms with van der Waals surface area (Å²) in [6.45, 7) is 0. The van der Waals surface area contributed by atoms with Gasteiger partial charge in [0.2, 0.25) is 5.91 Å². The van der Waals surface area contributed by atoms with Gasteiger partial charge in [0, 0.05) is 18.5 Å². The number of nitrogens with one attached hydrogen (secondary N) is 1. The number of halogens is 1. The van der Waals surface area contributed by atoms with Crippen LogP contribution in [0.15, 0.2) is 67.0 Å². The lowest BCUT2D eigenvalue weighted by molar-refractivity contribution is -0.120. The molecule has 27 heavy (non-hydrogen) atoms. The Hall–Kier alpha value is -3.25. The number of methoxy groups -OCH3 is 1. The third-order valence-corrected chi connectivity index (χ3v) is 4.39. The Labute approximate surface area is 161 Å². The Kier molecular flexibility index (Phi) is 5.47. The fourth-order valence-corrected chi connectivity index (χ4v) is 3.02. The molecule has 0 aliphatic carbocycles. The van der Waals surface area contributed by atoms with Gasteiger partial charge in [-0.3, -0.25) is 9.59 Å². The van der Waals surface area contributed by atoms with Crippen LogP contribution in [0.4, 0.5) is 0 Å². The van der Waals surface area contributed by atoms with Gasteiger partial charge in [-0.05, 0) is 23.8 Å². The Balaban J connectivity index is 1.94. The van der Waals surface area contributed by atoms with E-state index in [0.29, 0.717) is 22.0 Å². The van der Waals surface area contributed by atoms with E-state index in [1.807, 2.05) is 35.2 Å². The molecular formula is C20H18ClN3O3. The fraction of sp³-hybridized carbons (Fsp3) is 0.100. The van der Waals surface area contributed by atoms with Crippen molar-refractivity contribution < 1.29 is 14.3 Å². The van der Waals surface area contributed by atoms with Crippen LogP contribution < -0.4 is 15.8 Å². The number of ether oxygens (including phenoxy) is 1. The average molecular weight is 384 g/mol. The highest BCUT2D eigenvalue weighted by Crippen LogP contribution is 2.30. The minimum Gasteiger partial charge on any atom is -0.496 e. The molecule has 138 valence electrons. The van der Waals surface area contributed by atoms with E-state index in [1.54, 1.807) is 30.3 Å². The van der Waals surface area contributed by atoms with Gasteiger partial charge in [0.15, 0.2) is 0 Å². The Morgan fingerprint density at radius 2 is 1.78 bits per heavy atom. The molecule has 7 heteroatoms. The summed E-state index contributed by atoms with van der Waals surface area (Å²) in [5.41, 5.74) is 6.94. The summed E-state index contributed by atoms with van der Waals surface area (Å²) in [6, 6.07) is 14.7. The highest BCUT2D eigenvalue weighted by Gasteiger charge is 2.23. The van der Waals surface area contributed by atoms with Gasteiger partial charge in [0.25, 0.3) is 5.91 Å². The molecule has 0 bridgehead atoms. The number of carbonyl (C=O) groups is 2. The molecule has 0 aliphatic rings. The van der Waals surface area contributed by atoms with Crippen LogP contribution in [0, 0.1) is 0 Å². The number of primary amides is 1. The summed E-state index contributed by atoms with van der Waals surface area (Å²) in [5, 5.41) is 3.01. The molecule has 2 amide bonds. The lowest BCUT2D eigenvalue weighted by atomic mass is 10.1. The van der Waals surface area contributed by atoms with Crippen molar-refractivity contribution in [2.75, 3.05) is 7.11 Å². The number of hydrogen-bond acceptors (Lipinski definition) is 3. The van der Waals surface area contributed by atoms with E-state index in [4.69, 9.17) is 22.1 Å². The van der Waals surface area contributed by atoms with E-state index >= 15 is 0 Å². The fourth-order valence-electron chi connectivity index (χ4n) is 2.76. The van der Waals surface area contributed by atoms with E-state index in [9.17, 15) is 9.59 Å². The van der Waals surface area contributed by atoms with Crippen molar-refractivity contribution in [2.45, 2.75) is 6.04 Å². The molecule has 0 aliphatic heterocycles. The Bertz CT molecular complexity index is 956. The topological polar surface area (TPSA) is 86.3 Å². The second-order valence-corrected chi connectivity index (χ2v) is 6.22. The summed E-state index contributed by atoms with van der Waals surface area (Å²) in [5.74, 6) is -0.846. The van der Waals surface area contributed by atoms with Gasteiger partial charge in [0.05, 0.1) is 23.4 Å². The molecule has 2 aromatic carbocycles. The second-order valence-electron chi connectivity index (χ2n) is 5.81. The van der Waals surface area contributed by atoms with Gasteiger partial charge < -0.3 is 20.4 Å². The quantitative estimate of drug-likeness (QED) is 0.685. The molecule has 1 atom stereocenters. The van der Waals surface area contributed by atoms with Crippen LogP contribution in [-0.4, -0.2) is 23.5 Å². The predicted octanol–water partition coefficient (Wildman–Crippen LogP) is 3.10. The third-order valence-electron chi connectivity index (χ3n) is 4.09. The molecule has 0 saturated heterocycles. The van der Waals surface area contributed by atoms with Gasteiger partial charge in [0.1, 0.15) is 11.8 Å². The van der Waals surface area contributed by atoms with E-state index in [0.717, 1.165) is 0 Å². The van der Waals surface area contributed by atoms with E-state index < -0.39 is 17.9 Å². The largest absolute Gasteiger partial charge is 0.496 e. The van der Waals surface area contributed by atoms with Crippen molar-refractivity contribution in [3.63, 3.8) is 0 Å². The van der Waals surface area contributed by atoms with Crippen molar-refractivity contribution in [3.05, 3.63) is 83.1 Å². The number of benzene rings is 2. The summed E-state index contributed by atoms with van der Waals surface area (Å²) in [7, 11) is 1.46. The molecule has 3 aromatic rings. The maximum absolute atomic E-state index is 12.8. The summed E-state index contributed by atoms with van der Waals surface area (Å²) >= 11 is 6.36. The Morgan fingerprint density at radius 1 is 1.11 bits per heavy atom. The van der Waals surface area contributed by atoms with Crippen LogP contribution in [0.2, 0.25) is 5.02 Å². The molecule has 6 nitrogen and oxygen atoms in total. The molecule has 1 aromatic heterocycles. The number of hydrogen-bond donors (Lipinski definition) is 2. The van der Waals surface area contributed by atoms with Crippen LogP contribution in [0.1, 0.15) is 22.0 Å². The zero-order valence-electron chi connectivity index (χ0n) is 14.6. The first-order chi connectivity index (χ1) is 13.0. The lowest BCUT2D eigenvalue weighted by Gasteiger charge is -2.18. The molecule has 3 N–H and O–H groups in total. The first-order valence-electron chi connectivity index (χ1n) is 8.17. The minimum atomic E-state index is -0.966. The van der Waals surface area contributed by atoms with E-state index in [1.165, 1.54) is 13.2 Å². The van der Waals surface area contributed by atoms with Crippen LogP contribution in [0.3, 0.4) is 0 Å². The lowest BCUT2D eigenvalue weighted by Crippen LogP contribution is -2.37. The van der Waals surface area contributed by atoms with Gasteiger partial charge >= 0.3 is 0 Å². The van der Waals surface area contributed by atoms with E-state index in [2.05, 4.69) is 5.32 Å². The third kappa shape index (κ3) is 3.96. The molecule has 1 heterocycles. The van der Waals surface area contributed by atoms with Crippen molar-refractivity contribution in [1.29, 1.82) is 0 Å². The minimum absolute atomic E-state index is 0.209. The first kappa shape index (κ1) is 18.5. The molecule has 0 radical (unpaired) electrons. The zero-order valence-corrected chi connectivity index (χ0v) is 15.3. The van der Waals surface area contributed by atoms with Gasteiger partial charge in [-0.25, -0.2) is 0 Å². The zero-order chi connectivity index (χ0) is 19.4. The van der Waals surface area contributed by atoms with Gasteiger partial charge in [-0.15, -0.1) is 0 Å². The first-order valence-corrected chi connectivity index (χ1v) is 8.55. The Morgan fingerprint density at radius 3 is 2.37 bits per heavy atom. The van der Waals surface area contributed by atoms with E-state index in [-0.39, 0.29) is 5.56 Å². The van der Waals surface area contributed by atoms with Crippen molar-refractivity contribution in [1.82, 2.24) is 9.88 Å². The van der Waals surface area contributed by atoms with Gasteiger partial charge in [-0.2, -0.15) is 0 Å². The number of rotatable bonds is 6. The molecule has 0 saturated carbocycles. The molecular weight excluding hydrogens is 366 g/mol. The smallest absolute Gasteiger partial charge is 0.256 e. The highest BCUT2D eigenvalue weighted by atomic mass is 35.5. The maximum Gasteiger partial charge on any atom is 0.256 e. The van der Waals surface area contributed by atoms with Crippen LogP contribution in [0.5, 0.6) is 5.75 Å². The normalized spacial score (nSPS) is 11.6. The number of carbonyl (C=O) groups excluding carboxylic acids is 2. The van der Waals surface area contributed by atoms with Gasteiger partial charge in [-0.1, -0.05) is 41.9 Å². The summed E-state index contributed by atoms with van der Waals surface area (Å²) in [4.78, 5) is 24.6. The van der Waals surface area contributed by atoms with Crippen molar-refractivity contribution in [3.8, 4) is 11.4 Å². The molecule has 3 rings (SSSR count). The number of aromatic nitrogens is 1. The molecule has 0 fully saturated rings. The second kappa shape index (κ2) is 7.97. The number of nitrogens with two attached hydrogens (primary N) is 1. The monoisotopic (exact) mass is 383 g/mol. The SMILES string of the molecule is COc1cc(-n2cccc2)c(Cl)cc1C(=O)NC(C(N)=O)c1ccccc1.